The second-order valence-electron chi connectivity index (χ2n) is 5.71. The third kappa shape index (κ3) is 3.51. The summed E-state index contributed by atoms with van der Waals surface area (Å²) in [5.41, 5.74) is 3.64. The number of rotatable bonds is 3. The second-order valence-corrected chi connectivity index (χ2v) is 5.71. The molecule has 0 spiro atoms. The van der Waals surface area contributed by atoms with Crippen molar-refractivity contribution in [3.05, 3.63) is 53.2 Å². The van der Waals surface area contributed by atoms with Crippen molar-refractivity contribution in [2.24, 2.45) is 0 Å². The summed E-state index contributed by atoms with van der Waals surface area (Å²) < 4.78 is 5.34. The normalized spacial score (nSPS) is 14.6. The lowest BCUT2D eigenvalue weighted by molar-refractivity contribution is 0.102. The van der Waals surface area contributed by atoms with Crippen LogP contribution in [0.1, 0.15) is 21.5 Å². The summed E-state index contributed by atoms with van der Waals surface area (Å²) in [6, 6.07) is 9.60. The van der Waals surface area contributed by atoms with Gasteiger partial charge in [-0.25, -0.2) is 4.98 Å². The fourth-order valence-corrected chi connectivity index (χ4v) is 2.58. The molecule has 1 aromatic carbocycles. The maximum absolute atomic E-state index is 12.4. The van der Waals surface area contributed by atoms with Crippen LogP contribution in [0.5, 0.6) is 0 Å². The Labute approximate surface area is 136 Å². The van der Waals surface area contributed by atoms with Crippen molar-refractivity contribution in [1.29, 1.82) is 0 Å². The van der Waals surface area contributed by atoms with Crippen LogP contribution >= 0.6 is 0 Å². The first-order chi connectivity index (χ1) is 11.1. The SMILES string of the molecule is Cc1cccc(NC(=O)c2ccc(N3CCOCC3)nc2)c1C. The Kier molecular flexibility index (Phi) is 4.57. The Bertz CT molecular complexity index is 692. The number of ether oxygens (including phenoxy) is 1. The maximum atomic E-state index is 12.4. The van der Waals surface area contributed by atoms with E-state index < -0.39 is 0 Å². The molecule has 3 rings (SSSR count). The largest absolute Gasteiger partial charge is 0.378 e. The summed E-state index contributed by atoms with van der Waals surface area (Å²) in [6.45, 7) is 7.14. The highest BCUT2D eigenvalue weighted by molar-refractivity contribution is 6.04. The predicted octanol–water partition coefficient (Wildman–Crippen LogP) is 2.79. The van der Waals surface area contributed by atoms with E-state index >= 15 is 0 Å². The van der Waals surface area contributed by atoms with Crippen LogP contribution in [0.15, 0.2) is 36.5 Å². The van der Waals surface area contributed by atoms with Crippen LogP contribution in [-0.4, -0.2) is 37.2 Å². The molecule has 1 aliphatic heterocycles. The molecule has 0 aliphatic carbocycles. The first-order valence-electron chi connectivity index (χ1n) is 7.81. The maximum Gasteiger partial charge on any atom is 0.257 e. The van der Waals surface area contributed by atoms with Gasteiger partial charge >= 0.3 is 0 Å². The number of aromatic nitrogens is 1. The van der Waals surface area contributed by atoms with E-state index in [1.165, 1.54) is 0 Å². The van der Waals surface area contributed by atoms with Gasteiger partial charge in [0.25, 0.3) is 5.91 Å². The molecule has 1 fully saturated rings. The summed E-state index contributed by atoms with van der Waals surface area (Å²) in [7, 11) is 0. The smallest absolute Gasteiger partial charge is 0.257 e. The van der Waals surface area contributed by atoms with E-state index in [1.54, 1.807) is 6.20 Å². The molecule has 5 nitrogen and oxygen atoms in total. The standard InChI is InChI=1S/C18H21N3O2/c1-13-4-3-5-16(14(13)2)20-18(22)15-6-7-17(19-12-15)21-8-10-23-11-9-21/h3-7,12H,8-11H2,1-2H3,(H,20,22). The molecular formula is C18H21N3O2. The summed E-state index contributed by atoms with van der Waals surface area (Å²) >= 11 is 0. The quantitative estimate of drug-likeness (QED) is 0.947. The van der Waals surface area contributed by atoms with Gasteiger partial charge in [0.15, 0.2) is 0 Å². The molecule has 5 heteroatoms. The number of carbonyl (C=O) groups is 1. The molecule has 1 aliphatic rings. The van der Waals surface area contributed by atoms with Gasteiger partial charge in [-0.15, -0.1) is 0 Å². The number of benzene rings is 1. The van der Waals surface area contributed by atoms with Gasteiger partial charge in [-0.05, 0) is 43.2 Å². The van der Waals surface area contributed by atoms with Crippen LogP contribution in [0.4, 0.5) is 11.5 Å². The van der Waals surface area contributed by atoms with Gasteiger partial charge in [-0.1, -0.05) is 12.1 Å². The van der Waals surface area contributed by atoms with E-state index in [2.05, 4.69) is 15.2 Å². The molecule has 1 aromatic heterocycles. The minimum absolute atomic E-state index is 0.139. The van der Waals surface area contributed by atoms with E-state index in [0.29, 0.717) is 5.56 Å². The molecule has 120 valence electrons. The second kappa shape index (κ2) is 6.79. The van der Waals surface area contributed by atoms with Crippen molar-refractivity contribution in [3.8, 4) is 0 Å². The zero-order valence-corrected chi connectivity index (χ0v) is 13.5. The molecule has 23 heavy (non-hydrogen) atoms. The molecule has 0 bridgehead atoms. The minimum atomic E-state index is -0.139. The molecule has 2 heterocycles. The monoisotopic (exact) mass is 311 g/mol. The molecule has 0 radical (unpaired) electrons. The van der Waals surface area contributed by atoms with E-state index in [4.69, 9.17) is 4.74 Å². The van der Waals surface area contributed by atoms with E-state index in [1.807, 2.05) is 44.2 Å². The van der Waals surface area contributed by atoms with Crippen molar-refractivity contribution < 1.29 is 9.53 Å². The molecule has 0 atom stereocenters. The Morgan fingerprint density at radius 1 is 1.17 bits per heavy atom. The van der Waals surface area contributed by atoms with Gasteiger partial charge in [0.2, 0.25) is 0 Å². The zero-order valence-electron chi connectivity index (χ0n) is 13.5. The van der Waals surface area contributed by atoms with Crippen molar-refractivity contribution >= 4 is 17.4 Å². The third-order valence-electron chi connectivity index (χ3n) is 4.20. The fourth-order valence-electron chi connectivity index (χ4n) is 2.58. The van der Waals surface area contributed by atoms with Gasteiger partial charge in [-0.3, -0.25) is 4.79 Å². The van der Waals surface area contributed by atoms with E-state index in [9.17, 15) is 4.79 Å². The number of hydrogen-bond donors (Lipinski definition) is 1. The summed E-state index contributed by atoms with van der Waals surface area (Å²) in [4.78, 5) is 19.0. The third-order valence-corrected chi connectivity index (χ3v) is 4.20. The average molecular weight is 311 g/mol. The zero-order chi connectivity index (χ0) is 16.2. The van der Waals surface area contributed by atoms with Crippen LogP contribution < -0.4 is 10.2 Å². The van der Waals surface area contributed by atoms with Crippen molar-refractivity contribution in [3.63, 3.8) is 0 Å². The van der Waals surface area contributed by atoms with Crippen LogP contribution in [0.25, 0.3) is 0 Å². The molecule has 1 amide bonds. The first kappa shape index (κ1) is 15.5. The van der Waals surface area contributed by atoms with Gasteiger partial charge in [0.05, 0.1) is 18.8 Å². The number of nitrogens with one attached hydrogen (secondary N) is 1. The number of nitrogens with zero attached hydrogens (tertiary/aromatic N) is 2. The highest BCUT2D eigenvalue weighted by atomic mass is 16.5. The number of anilines is 2. The minimum Gasteiger partial charge on any atom is -0.378 e. The number of amides is 1. The Balaban J connectivity index is 1.71. The molecule has 1 N–H and O–H groups in total. The van der Waals surface area contributed by atoms with E-state index in [0.717, 1.165) is 48.9 Å². The van der Waals surface area contributed by atoms with Gasteiger partial charge in [0, 0.05) is 25.0 Å². The van der Waals surface area contributed by atoms with Crippen molar-refractivity contribution in [2.75, 3.05) is 36.5 Å². The van der Waals surface area contributed by atoms with Crippen LogP contribution in [0, 0.1) is 13.8 Å². The van der Waals surface area contributed by atoms with Crippen molar-refractivity contribution in [2.45, 2.75) is 13.8 Å². The Morgan fingerprint density at radius 3 is 2.65 bits per heavy atom. The lowest BCUT2D eigenvalue weighted by Gasteiger charge is -2.27. The Hall–Kier alpha value is -2.40. The molecule has 0 saturated carbocycles. The van der Waals surface area contributed by atoms with Gasteiger partial charge in [0.1, 0.15) is 5.82 Å². The van der Waals surface area contributed by atoms with E-state index in [-0.39, 0.29) is 5.91 Å². The number of carbonyl (C=O) groups excluding carboxylic acids is 1. The average Bonchev–Trinajstić information content (AvgIpc) is 2.60. The summed E-state index contributed by atoms with van der Waals surface area (Å²) in [5, 5.41) is 2.95. The molecule has 0 unspecified atom stereocenters. The van der Waals surface area contributed by atoms with Gasteiger partial charge < -0.3 is 15.0 Å². The lowest BCUT2D eigenvalue weighted by atomic mass is 10.1. The highest BCUT2D eigenvalue weighted by Gasteiger charge is 2.14. The first-order valence-corrected chi connectivity index (χ1v) is 7.81. The highest BCUT2D eigenvalue weighted by Crippen LogP contribution is 2.19. The van der Waals surface area contributed by atoms with Crippen molar-refractivity contribution in [1.82, 2.24) is 4.98 Å². The molecular weight excluding hydrogens is 290 g/mol. The Morgan fingerprint density at radius 2 is 1.96 bits per heavy atom. The van der Waals surface area contributed by atoms with Crippen LogP contribution in [0.2, 0.25) is 0 Å². The number of aryl methyl sites for hydroxylation is 1. The number of pyridine rings is 1. The fraction of sp³-hybridized carbons (Fsp3) is 0.333. The topological polar surface area (TPSA) is 54.5 Å². The summed E-state index contributed by atoms with van der Waals surface area (Å²) in [6.07, 6.45) is 1.63. The van der Waals surface area contributed by atoms with Gasteiger partial charge in [-0.2, -0.15) is 0 Å². The number of morpholine rings is 1. The lowest BCUT2D eigenvalue weighted by Crippen LogP contribution is -2.36. The predicted molar refractivity (Wildman–Crippen MR) is 91.1 cm³/mol. The number of hydrogen-bond acceptors (Lipinski definition) is 4. The van der Waals surface area contributed by atoms with Crippen LogP contribution in [-0.2, 0) is 4.74 Å². The van der Waals surface area contributed by atoms with Crippen LogP contribution in [0.3, 0.4) is 0 Å². The summed E-state index contributed by atoms with van der Waals surface area (Å²) in [5.74, 6) is 0.747. The molecule has 1 saturated heterocycles. The molecule has 2 aromatic rings.